The number of nitriles is 1. The highest BCUT2D eigenvalue weighted by Crippen LogP contribution is 2.46. The highest BCUT2D eigenvalue weighted by atomic mass is 35.5. The topological polar surface area (TPSA) is 100 Å². The first-order valence-corrected chi connectivity index (χ1v) is 11.5. The van der Waals surface area contributed by atoms with E-state index in [-0.39, 0.29) is 12.0 Å². The summed E-state index contributed by atoms with van der Waals surface area (Å²) in [5.74, 6) is 2.27. The molecule has 1 fully saturated rings. The molecule has 3 N–H and O–H groups in total. The summed E-state index contributed by atoms with van der Waals surface area (Å²) in [4.78, 5) is 11.1. The quantitative estimate of drug-likeness (QED) is 0.668. The molecule has 1 saturated heterocycles. The van der Waals surface area contributed by atoms with Crippen molar-refractivity contribution in [1.82, 2.24) is 15.3 Å². The lowest BCUT2D eigenvalue weighted by molar-refractivity contribution is 0.321. The highest BCUT2D eigenvalue weighted by Gasteiger charge is 2.34. The van der Waals surface area contributed by atoms with Crippen molar-refractivity contribution >= 4 is 28.8 Å². The number of rotatable bonds is 6. The van der Waals surface area contributed by atoms with Gasteiger partial charge in [0.15, 0.2) is 0 Å². The van der Waals surface area contributed by atoms with Gasteiger partial charge in [0.2, 0.25) is 0 Å². The molecule has 8 heteroatoms. The fraction of sp³-hybridized carbons (Fsp3) is 0.458. The molecule has 1 unspecified atom stereocenters. The maximum absolute atomic E-state index is 9.84. The van der Waals surface area contributed by atoms with E-state index in [9.17, 15) is 5.26 Å². The molecular weight excluding hydrogens is 424 g/mol. The molecule has 1 aromatic heterocycles. The van der Waals surface area contributed by atoms with Crippen LogP contribution in [0.2, 0.25) is 5.02 Å². The number of benzene rings is 1. The molecular formula is C24H29ClN6O. The zero-order chi connectivity index (χ0) is 23.0. The van der Waals surface area contributed by atoms with Crippen molar-refractivity contribution in [2.45, 2.75) is 46.1 Å². The minimum atomic E-state index is -0.101. The molecule has 4 rings (SSSR count). The number of aromatic nitrogens is 2. The fourth-order valence-corrected chi connectivity index (χ4v) is 4.95. The summed E-state index contributed by atoms with van der Waals surface area (Å²) >= 11 is 6.65. The second-order valence-corrected chi connectivity index (χ2v) is 8.72. The molecule has 3 heterocycles. The Labute approximate surface area is 194 Å². The van der Waals surface area contributed by atoms with Gasteiger partial charge in [0.05, 0.1) is 28.8 Å². The minimum Gasteiger partial charge on any atom is -0.493 e. The Balaban J connectivity index is 1.89. The monoisotopic (exact) mass is 452 g/mol. The molecule has 7 nitrogen and oxygen atoms in total. The molecule has 2 aromatic rings. The average molecular weight is 453 g/mol. The van der Waals surface area contributed by atoms with Gasteiger partial charge in [-0.25, -0.2) is 9.97 Å². The standard InChI is InChI=1S/C24H29ClN6O/c1-5-15-11-31(24-20(13(15)3)23(27)29-12-30-24)14(4)17-7-19(25)18(8-26)21(16-9-28-10-16)22(17)32-6-2/h7,12,14,16,28H,5-6,9-11H2,1-4H3,(H2,27,29,30). The molecule has 0 radical (unpaired) electrons. The van der Waals surface area contributed by atoms with Gasteiger partial charge < -0.3 is 20.7 Å². The highest BCUT2D eigenvalue weighted by molar-refractivity contribution is 6.32. The van der Waals surface area contributed by atoms with Crippen LogP contribution in [0.15, 0.2) is 18.0 Å². The summed E-state index contributed by atoms with van der Waals surface area (Å²) in [7, 11) is 0. The maximum atomic E-state index is 9.84. The third kappa shape index (κ3) is 3.58. The molecule has 2 aliphatic rings. The molecule has 32 heavy (non-hydrogen) atoms. The van der Waals surface area contributed by atoms with Gasteiger partial charge in [0.1, 0.15) is 29.8 Å². The van der Waals surface area contributed by atoms with Crippen LogP contribution >= 0.6 is 11.6 Å². The molecule has 0 bridgehead atoms. The Morgan fingerprint density at radius 1 is 1.38 bits per heavy atom. The van der Waals surface area contributed by atoms with E-state index in [0.717, 1.165) is 59.9 Å². The largest absolute Gasteiger partial charge is 0.493 e. The number of nitrogens with zero attached hydrogens (tertiary/aromatic N) is 4. The van der Waals surface area contributed by atoms with E-state index in [2.05, 4.69) is 47.0 Å². The lowest BCUT2D eigenvalue weighted by Gasteiger charge is -2.38. The molecule has 1 atom stereocenters. The van der Waals surface area contributed by atoms with Crippen LogP contribution in [-0.4, -0.2) is 36.2 Å². The van der Waals surface area contributed by atoms with E-state index in [0.29, 0.717) is 23.0 Å². The molecule has 0 saturated carbocycles. The van der Waals surface area contributed by atoms with E-state index in [1.165, 1.54) is 11.9 Å². The Morgan fingerprint density at radius 2 is 2.12 bits per heavy atom. The van der Waals surface area contributed by atoms with Crippen molar-refractivity contribution in [2.24, 2.45) is 0 Å². The lowest BCUT2D eigenvalue weighted by Crippen LogP contribution is -2.41. The Kier molecular flexibility index (Phi) is 6.27. The molecule has 0 spiro atoms. The van der Waals surface area contributed by atoms with Crippen molar-refractivity contribution in [2.75, 3.05) is 36.9 Å². The van der Waals surface area contributed by atoms with Gasteiger partial charge in [-0.2, -0.15) is 5.26 Å². The molecule has 168 valence electrons. The van der Waals surface area contributed by atoms with Crippen LogP contribution in [0.3, 0.4) is 0 Å². The van der Waals surface area contributed by atoms with E-state index >= 15 is 0 Å². The summed E-state index contributed by atoms with van der Waals surface area (Å²) in [6.07, 6.45) is 2.42. The van der Waals surface area contributed by atoms with E-state index in [1.807, 2.05) is 13.0 Å². The predicted molar refractivity (Wildman–Crippen MR) is 128 cm³/mol. The van der Waals surface area contributed by atoms with Crippen molar-refractivity contribution in [3.8, 4) is 11.8 Å². The van der Waals surface area contributed by atoms with Gasteiger partial charge in [0, 0.05) is 36.7 Å². The number of anilines is 2. The number of halogens is 1. The maximum Gasteiger partial charge on any atom is 0.142 e. The fourth-order valence-electron chi connectivity index (χ4n) is 4.69. The number of hydrogen-bond donors (Lipinski definition) is 2. The van der Waals surface area contributed by atoms with Gasteiger partial charge in [-0.05, 0) is 44.4 Å². The van der Waals surface area contributed by atoms with E-state index in [1.54, 1.807) is 0 Å². The van der Waals surface area contributed by atoms with Crippen LogP contribution < -0.4 is 20.7 Å². The second kappa shape index (κ2) is 8.97. The van der Waals surface area contributed by atoms with Crippen LogP contribution in [0, 0.1) is 11.3 Å². The molecule has 0 aliphatic carbocycles. The summed E-state index contributed by atoms with van der Waals surface area (Å²) in [6, 6.07) is 4.09. The summed E-state index contributed by atoms with van der Waals surface area (Å²) < 4.78 is 6.19. The van der Waals surface area contributed by atoms with Crippen LogP contribution in [0.1, 0.15) is 68.3 Å². The average Bonchev–Trinajstić information content (AvgIpc) is 2.74. The number of fused-ring (bicyclic) bond motifs is 1. The number of ether oxygens (including phenoxy) is 1. The first-order valence-electron chi connectivity index (χ1n) is 11.1. The summed E-state index contributed by atoms with van der Waals surface area (Å²) in [5, 5.41) is 13.6. The van der Waals surface area contributed by atoms with Crippen LogP contribution in [-0.2, 0) is 0 Å². The SMILES string of the molecule is CCOc1c(C(C)N2CC(CC)=C(C)c3c(N)ncnc32)cc(Cl)c(C#N)c1C1CNC1. The van der Waals surface area contributed by atoms with Crippen molar-refractivity contribution in [3.05, 3.63) is 45.2 Å². The summed E-state index contributed by atoms with van der Waals surface area (Å²) in [5.41, 5.74) is 12.0. The number of nitrogen functional groups attached to an aromatic ring is 1. The Morgan fingerprint density at radius 3 is 2.72 bits per heavy atom. The minimum absolute atomic E-state index is 0.101. The molecule has 1 aromatic carbocycles. The van der Waals surface area contributed by atoms with Crippen molar-refractivity contribution < 1.29 is 4.74 Å². The van der Waals surface area contributed by atoms with Gasteiger partial charge in [0.25, 0.3) is 0 Å². The van der Waals surface area contributed by atoms with Gasteiger partial charge >= 0.3 is 0 Å². The normalized spacial score (nSPS) is 16.9. The number of nitrogens with two attached hydrogens (primary N) is 1. The third-order valence-corrected chi connectivity index (χ3v) is 6.93. The predicted octanol–water partition coefficient (Wildman–Crippen LogP) is 4.43. The third-order valence-electron chi connectivity index (χ3n) is 6.63. The number of nitrogens with one attached hydrogen (secondary N) is 1. The summed E-state index contributed by atoms with van der Waals surface area (Å²) in [6.45, 7) is 11.2. The second-order valence-electron chi connectivity index (χ2n) is 8.31. The number of allylic oxidation sites excluding steroid dienone is 1. The Bertz CT molecular complexity index is 1120. The van der Waals surface area contributed by atoms with Crippen LogP contribution in [0.4, 0.5) is 11.6 Å². The first kappa shape index (κ1) is 22.4. The van der Waals surface area contributed by atoms with Gasteiger partial charge in [-0.15, -0.1) is 0 Å². The van der Waals surface area contributed by atoms with Crippen LogP contribution in [0.5, 0.6) is 5.75 Å². The Hall–Kier alpha value is -2.82. The number of hydrogen-bond acceptors (Lipinski definition) is 7. The van der Waals surface area contributed by atoms with Crippen molar-refractivity contribution in [3.63, 3.8) is 0 Å². The molecule has 2 aliphatic heterocycles. The lowest BCUT2D eigenvalue weighted by atomic mass is 9.85. The van der Waals surface area contributed by atoms with E-state index in [4.69, 9.17) is 22.1 Å². The van der Waals surface area contributed by atoms with E-state index < -0.39 is 0 Å². The van der Waals surface area contributed by atoms with Crippen molar-refractivity contribution in [1.29, 1.82) is 5.26 Å². The van der Waals surface area contributed by atoms with Gasteiger partial charge in [-0.3, -0.25) is 0 Å². The first-order chi connectivity index (χ1) is 15.4. The smallest absolute Gasteiger partial charge is 0.142 e. The van der Waals surface area contributed by atoms with Gasteiger partial charge in [-0.1, -0.05) is 18.5 Å². The zero-order valence-electron chi connectivity index (χ0n) is 19.0. The van der Waals surface area contributed by atoms with Crippen LogP contribution in [0.25, 0.3) is 5.57 Å². The zero-order valence-corrected chi connectivity index (χ0v) is 19.8. The molecule has 0 amide bonds.